The van der Waals surface area contributed by atoms with Gasteiger partial charge in [0, 0.05) is 11.8 Å². The monoisotopic (exact) mass is 612 g/mol. The molecule has 4 aliphatic rings. The van der Waals surface area contributed by atoms with E-state index < -0.39 is 82.9 Å². The quantitative estimate of drug-likeness (QED) is 0.272. The van der Waals surface area contributed by atoms with Crippen LogP contribution in [-0.4, -0.2) is 30.6 Å². The second-order valence-corrected chi connectivity index (χ2v) is 13.0. The molecular formula is C26H34F14. The van der Waals surface area contributed by atoms with Crippen LogP contribution in [0.1, 0.15) is 60.8 Å². The average Bonchev–Trinajstić information content (AvgIpc) is 3.45. The second kappa shape index (κ2) is 9.51. The van der Waals surface area contributed by atoms with Gasteiger partial charge in [0.2, 0.25) is 0 Å². The number of hydrogen-bond acceptors (Lipinski definition) is 0. The minimum atomic E-state index is -5.77. The molecule has 10 unspecified atom stereocenters. The molecule has 0 aromatic heterocycles. The first-order valence-electron chi connectivity index (χ1n) is 13.2. The van der Waals surface area contributed by atoms with Crippen molar-refractivity contribution in [2.45, 2.75) is 91.4 Å². The molecule has 4 aliphatic carbocycles. The van der Waals surface area contributed by atoms with Gasteiger partial charge in [-0.2, -0.15) is 52.7 Å². The Bertz CT molecular complexity index is 896. The van der Waals surface area contributed by atoms with Crippen LogP contribution in [0.15, 0.2) is 0 Å². The Morgan fingerprint density at radius 1 is 0.500 bits per heavy atom. The first-order chi connectivity index (χ1) is 17.6. The Balaban J connectivity index is 0.000000222. The predicted molar refractivity (Wildman–Crippen MR) is 117 cm³/mol. The summed E-state index contributed by atoms with van der Waals surface area (Å²) in [4.78, 5) is 0. The summed E-state index contributed by atoms with van der Waals surface area (Å²) in [6, 6.07) is 0. The van der Waals surface area contributed by atoms with Gasteiger partial charge in [-0.1, -0.05) is 27.7 Å². The van der Waals surface area contributed by atoms with Crippen molar-refractivity contribution >= 4 is 0 Å². The lowest BCUT2D eigenvalue weighted by molar-refractivity contribution is -0.378. The topological polar surface area (TPSA) is 0 Å². The SMILES string of the molecule is CC1C(C)C2CC1C(C(C)(C(F)(F)F)C(F)(F)F)C2(F)F.CC1C2CC(C1C)C(C(C)(C(F)(F)F)C(F)(F)F)C2. The molecule has 0 nitrogen and oxygen atoms in total. The van der Waals surface area contributed by atoms with Crippen LogP contribution in [0.3, 0.4) is 0 Å². The van der Waals surface area contributed by atoms with E-state index in [9.17, 15) is 61.5 Å². The Labute approximate surface area is 223 Å². The Morgan fingerprint density at radius 3 is 1.23 bits per heavy atom. The van der Waals surface area contributed by atoms with E-state index >= 15 is 0 Å². The van der Waals surface area contributed by atoms with Crippen molar-refractivity contribution in [1.82, 2.24) is 0 Å². The summed E-state index contributed by atoms with van der Waals surface area (Å²) in [5.74, 6) is -12.2. The Kier molecular flexibility index (Phi) is 7.97. The van der Waals surface area contributed by atoms with E-state index in [1.165, 1.54) is 13.8 Å². The van der Waals surface area contributed by atoms with Crippen LogP contribution in [0.5, 0.6) is 0 Å². The fraction of sp³-hybridized carbons (Fsp3) is 1.00. The highest BCUT2D eigenvalue weighted by atomic mass is 19.4. The molecule has 0 radical (unpaired) electrons. The number of halogens is 14. The summed E-state index contributed by atoms with van der Waals surface area (Å²) in [5, 5.41) is 0. The molecule has 0 aromatic carbocycles. The Morgan fingerprint density at radius 2 is 0.900 bits per heavy atom. The zero-order valence-electron chi connectivity index (χ0n) is 22.7. The summed E-state index contributed by atoms with van der Waals surface area (Å²) >= 11 is 0. The molecule has 0 amide bonds. The minimum Gasteiger partial charge on any atom is -0.206 e. The van der Waals surface area contributed by atoms with E-state index in [-0.39, 0.29) is 37.5 Å². The van der Waals surface area contributed by atoms with Gasteiger partial charge >= 0.3 is 24.7 Å². The van der Waals surface area contributed by atoms with Crippen LogP contribution >= 0.6 is 0 Å². The molecule has 10 atom stereocenters. The number of rotatable bonds is 2. The number of fused-ring (bicyclic) bond motifs is 4. The van der Waals surface area contributed by atoms with Crippen LogP contribution in [0.2, 0.25) is 0 Å². The van der Waals surface area contributed by atoms with E-state index in [4.69, 9.17) is 0 Å². The fourth-order valence-electron chi connectivity index (χ4n) is 8.45. The molecule has 0 N–H and O–H groups in total. The molecular weight excluding hydrogens is 578 g/mol. The van der Waals surface area contributed by atoms with Gasteiger partial charge in [0.05, 0.1) is 0 Å². The van der Waals surface area contributed by atoms with Crippen LogP contribution < -0.4 is 0 Å². The van der Waals surface area contributed by atoms with Gasteiger partial charge in [-0.25, -0.2) is 8.78 Å². The number of alkyl halides is 14. The highest BCUT2D eigenvalue weighted by Gasteiger charge is 2.81. The van der Waals surface area contributed by atoms with Crippen LogP contribution in [0.25, 0.3) is 0 Å². The van der Waals surface area contributed by atoms with Crippen molar-refractivity contribution in [3.63, 3.8) is 0 Å². The van der Waals surface area contributed by atoms with Crippen molar-refractivity contribution in [2.24, 2.45) is 70.0 Å². The van der Waals surface area contributed by atoms with Gasteiger partial charge in [-0.15, -0.1) is 0 Å². The largest absolute Gasteiger partial charge is 0.403 e. The van der Waals surface area contributed by atoms with Crippen molar-refractivity contribution < 1.29 is 61.5 Å². The summed E-state index contributed by atoms with van der Waals surface area (Å²) < 4.78 is 186. The van der Waals surface area contributed by atoms with Gasteiger partial charge in [0.15, 0.2) is 10.8 Å². The normalized spacial score (nSPS) is 39.9. The molecule has 4 rings (SSSR count). The summed E-state index contributed by atoms with van der Waals surface area (Å²) in [7, 11) is 0. The van der Waals surface area contributed by atoms with Gasteiger partial charge in [-0.3, -0.25) is 0 Å². The van der Waals surface area contributed by atoms with Crippen molar-refractivity contribution in [3.8, 4) is 0 Å². The van der Waals surface area contributed by atoms with E-state index in [0.29, 0.717) is 13.3 Å². The lowest BCUT2D eigenvalue weighted by Gasteiger charge is -2.48. The maximum absolute atomic E-state index is 14.3. The van der Waals surface area contributed by atoms with E-state index in [1.807, 2.05) is 6.92 Å². The van der Waals surface area contributed by atoms with Gasteiger partial charge in [0.25, 0.3) is 5.92 Å². The van der Waals surface area contributed by atoms with Crippen molar-refractivity contribution in [2.75, 3.05) is 0 Å². The highest BCUT2D eigenvalue weighted by Crippen LogP contribution is 2.71. The maximum Gasteiger partial charge on any atom is 0.403 e. The molecule has 14 heteroatoms. The van der Waals surface area contributed by atoms with Crippen molar-refractivity contribution in [1.29, 1.82) is 0 Å². The standard InChI is InChI=1S/C13H16F8.C13H18F6/c1-5-6(2)8-4-7(5)9(11(8,14)15)10(3,12(16,17)18)13(19,20)21;1-6-7(2)9-4-8(6)5-10(9)11(3,12(14,15)16)13(17,18)19/h5-9H,4H2,1-3H3;6-10H,4-5H2,1-3H3. The van der Waals surface area contributed by atoms with Gasteiger partial charge < -0.3 is 0 Å². The maximum atomic E-state index is 14.3. The third-order valence-corrected chi connectivity index (χ3v) is 11.6. The molecule has 4 fully saturated rings. The second-order valence-electron chi connectivity index (χ2n) is 13.0. The molecule has 0 saturated heterocycles. The molecule has 0 aromatic rings. The summed E-state index contributed by atoms with van der Waals surface area (Å²) in [5.41, 5.74) is -7.97. The highest BCUT2D eigenvalue weighted by molar-refractivity contribution is 5.14. The summed E-state index contributed by atoms with van der Waals surface area (Å²) in [6.07, 6.45) is -21.8. The van der Waals surface area contributed by atoms with Gasteiger partial charge in [0.1, 0.15) is 0 Å². The minimum absolute atomic E-state index is 0.00836. The third-order valence-electron chi connectivity index (χ3n) is 11.6. The fourth-order valence-corrected chi connectivity index (χ4v) is 8.45. The third kappa shape index (κ3) is 4.53. The van der Waals surface area contributed by atoms with Crippen LogP contribution in [-0.2, 0) is 0 Å². The molecule has 4 saturated carbocycles. The smallest absolute Gasteiger partial charge is 0.206 e. The summed E-state index contributed by atoms with van der Waals surface area (Å²) in [6.45, 7) is 6.88. The molecule has 4 bridgehead atoms. The zero-order chi connectivity index (χ0) is 31.4. The average molecular weight is 613 g/mol. The van der Waals surface area contributed by atoms with Crippen LogP contribution in [0, 0.1) is 70.0 Å². The van der Waals surface area contributed by atoms with Crippen LogP contribution in [0.4, 0.5) is 61.5 Å². The molecule has 40 heavy (non-hydrogen) atoms. The molecule has 236 valence electrons. The van der Waals surface area contributed by atoms with E-state index in [1.54, 1.807) is 6.92 Å². The molecule has 0 aliphatic heterocycles. The molecule has 0 spiro atoms. The first kappa shape index (κ1) is 33.5. The first-order valence-corrected chi connectivity index (χ1v) is 13.2. The van der Waals surface area contributed by atoms with E-state index in [0.717, 1.165) is 0 Å². The predicted octanol–water partition coefficient (Wildman–Crippen LogP) is 10.3. The zero-order valence-corrected chi connectivity index (χ0v) is 22.7. The van der Waals surface area contributed by atoms with Gasteiger partial charge in [-0.05, 0) is 80.5 Å². The van der Waals surface area contributed by atoms with Crippen molar-refractivity contribution in [3.05, 3.63) is 0 Å². The molecule has 0 heterocycles. The lowest BCUT2D eigenvalue weighted by atomic mass is 9.61. The Hall–Kier alpha value is -0.980. The van der Waals surface area contributed by atoms with E-state index in [2.05, 4.69) is 0 Å². The lowest BCUT2D eigenvalue weighted by Crippen LogP contribution is -2.61. The number of hydrogen-bond donors (Lipinski definition) is 0.